The van der Waals surface area contributed by atoms with Crippen LogP contribution in [0.4, 0.5) is 0 Å². The molecular weight excluding hydrogens is 222 g/mol. The third kappa shape index (κ3) is 2.63. The van der Waals surface area contributed by atoms with Gasteiger partial charge in [0.2, 0.25) is 0 Å². The van der Waals surface area contributed by atoms with Crippen LogP contribution in [0.2, 0.25) is 0 Å². The molecule has 18 heavy (non-hydrogen) atoms. The summed E-state index contributed by atoms with van der Waals surface area (Å²) in [6.07, 6.45) is 8.92. The van der Waals surface area contributed by atoms with Crippen molar-refractivity contribution in [1.29, 1.82) is 0 Å². The maximum atomic E-state index is 5.90. The zero-order valence-electron chi connectivity index (χ0n) is 11.0. The smallest absolute Gasteiger partial charge is 0.127 e. The summed E-state index contributed by atoms with van der Waals surface area (Å²) in [5, 5.41) is 0. The number of fused-ring (bicyclic) bond motifs is 1. The lowest BCUT2D eigenvalue weighted by Gasteiger charge is -2.27. The Morgan fingerprint density at radius 1 is 1.39 bits per heavy atom. The maximum Gasteiger partial charge on any atom is 0.127 e. The summed E-state index contributed by atoms with van der Waals surface area (Å²) in [5.41, 5.74) is 2.10. The Bertz CT molecular complexity index is 510. The van der Waals surface area contributed by atoms with Crippen molar-refractivity contribution in [1.82, 2.24) is 0 Å². The van der Waals surface area contributed by atoms with Crippen molar-refractivity contribution >= 4 is 12.3 Å². The number of benzene rings is 1. The van der Waals surface area contributed by atoms with Crippen LogP contribution in [0.15, 0.2) is 29.3 Å². The molecule has 1 fully saturated rings. The molecule has 0 radical (unpaired) electrons. The van der Waals surface area contributed by atoms with Crippen molar-refractivity contribution < 1.29 is 4.74 Å². The molecule has 1 heterocycles. The van der Waals surface area contributed by atoms with Gasteiger partial charge in [-0.15, -0.1) is 0 Å². The number of rotatable bonds is 3. The molecule has 1 aliphatic heterocycles. The highest BCUT2D eigenvalue weighted by Gasteiger charge is 2.21. The molecule has 2 heteroatoms. The number of ether oxygens (including phenoxy) is 1. The van der Waals surface area contributed by atoms with Crippen molar-refractivity contribution in [3.05, 3.63) is 35.4 Å². The molecule has 0 spiro atoms. The van der Waals surface area contributed by atoms with E-state index < -0.39 is 0 Å². The Hall–Kier alpha value is -1.57. The van der Waals surface area contributed by atoms with Gasteiger partial charge in [-0.2, -0.15) is 0 Å². The summed E-state index contributed by atoms with van der Waals surface area (Å²) >= 11 is 0. The molecule has 0 unspecified atom stereocenters. The largest absolute Gasteiger partial charge is 0.483 e. The van der Waals surface area contributed by atoms with Crippen LogP contribution in [0.5, 0.6) is 5.75 Å². The monoisotopic (exact) mass is 241 g/mol. The van der Waals surface area contributed by atoms with Gasteiger partial charge in [0.05, 0.1) is 0 Å². The molecule has 2 nitrogen and oxygen atoms in total. The van der Waals surface area contributed by atoms with Crippen LogP contribution >= 0.6 is 0 Å². The molecule has 0 saturated heterocycles. The van der Waals surface area contributed by atoms with E-state index in [1.165, 1.54) is 12.8 Å². The molecule has 0 bridgehead atoms. The Labute approximate surface area is 108 Å². The molecule has 1 saturated carbocycles. The predicted molar refractivity (Wildman–Crippen MR) is 75.4 cm³/mol. The van der Waals surface area contributed by atoms with Crippen molar-refractivity contribution in [3.8, 4) is 5.75 Å². The Morgan fingerprint density at radius 2 is 2.22 bits per heavy atom. The maximum absolute atomic E-state index is 5.90. The average Bonchev–Trinajstić information content (AvgIpc) is 3.12. The minimum absolute atomic E-state index is 0.200. The zero-order valence-corrected chi connectivity index (χ0v) is 11.0. The third-order valence-electron chi connectivity index (χ3n) is 3.37. The summed E-state index contributed by atoms with van der Waals surface area (Å²) in [7, 11) is 0. The summed E-state index contributed by atoms with van der Waals surface area (Å²) in [6, 6.07) is 6.25. The van der Waals surface area contributed by atoms with Crippen molar-refractivity contribution in [2.24, 2.45) is 10.9 Å². The van der Waals surface area contributed by atoms with Crippen molar-refractivity contribution in [3.63, 3.8) is 0 Å². The molecular formula is C16H19NO. The average molecular weight is 241 g/mol. The molecule has 1 aliphatic carbocycles. The highest BCUT2D eigenvalue weighted by molar-refractivity contribution is 5.82. The van der Waals surface area contributed by atoms with Gasteiger partial charge >= 0.3 is 0 Å². The lowest BCUT2D eigenvalue weighted by molar-refractivity contribution is 0.159. The molecule has 0 atom stereocenters. The minimum atomic E-state index is -0.200. The Morgan fingerprint density at radius 3 is 3.00 bits per heavy atom. The fourth-order valence-corrected chi connectivity index (χ4v) is 2.09. The molecule has 0 amide bonds. The summed E-state index contributed by atoms with van der Waals surface area (Å²) in [5.74, 6) is 1.81. The van der Waals surface area contributed by atoms with Gasteiger partial charge in [0, 0.05) is 18.3 Å². The zero-order chi connectivity index (χ0) is 12.6. The van der Waals surface area contributed by atoms with Gasteiger partial charge in [-0.05, 0) is 62.4 Å². The van der Waals surface area contributed by atoms with Crippen LogP contribution in [0.1, 0.15) is 37.8 Å². The lowest BCUT2D eigenvalue weighted by Crippen LogP contribution is -2.27. The highest BCUT2D eigenvalue weighted by Crippen LogP contribution is 2.31. The van der Waals surface area contributed by atoms with E-state index in [0.29, 0.717) is 0 Å². The molecule has 1 aromatic carbocycles. The number of aliphatic imine (C=N–C) groups is 1. The fourth-order valence-electron chi connectivity index (χ4n) is 2.09. The van der Waals surface area contributed by atoms with E-state index in [2.05, 4.69) is 43.1 Å². The first-order valence-electron chi connectivity index (χ1n) is 6.64. The second-order valence-corrected chi connectivity index (χ2v) is 5.77. The van der Waals surface area contributed by atoms with Crippen LogP contribution in [-0.4, -0.2) is 18.4 Å². The first-order chi connectivity index (χ1) is 8.62. The predicted octanol–water partition coefficient (Wildman–Crippen LogP) is 3.70. The minimum Gasteiger partial charge on any atom is -0.483 e. The van der Waals surface area contributed by atoms with E-state index in [1.807, 2.05) is 12.3 Å². The van der Waals surface area contributed by atoms with Gasteiger partial charge in [-0.25, -0.2) is 0 Å². The van der Waals surface area contributed by atoms with Crippen LogP contribution in [0.25, 0.3) is 6.08 Å². The molecule has 0 N–H and O–H groups in total. The van der Waals surface area contributed by atoms with Gasteiger partial charge in [0.15, 0.2) is 0 Å². The second-order valence-electron chi connectivity index (χ2n) is 5.77. The second kappa shape index (κ2) is 4.27. The molecule has 94 valence electrons. The third-order valence-corrected chi connectivity index (χ3v) is 3.37. The topological polar surface area (TPSA) is 21.6 Å². The summed E-state index contributed by atoms with van der Waals surface area (Å²) in [6.45, 7) is 5.12. The van der Waals surface area contributed by atoms with E-state index in [4.69, 9.17) is 4.74 Å². The standard InChI is InChI=1S/C16H19NO/c1-16(2)8-7-14-9-13(5-6-15(14)18-16)11-17-10-12-3-4-12/h5-9,11-12H,3-4,10H2,1-2H3. The van der Waals surface area contributed by atoms with Gasteiger partial charge in [-0.3, -0.25) is 4.99 Å². The van der Waals surface area contributed by atoms with Crippen molar-refractivity contribution in [2.75, 3.05) is 6.54 Å². The summed E-state index contributed by atoms with van der Waals surface area (Å²) in [4.78, 5) is 4.49. The number of nitrogens with zero attached hydrogens (tertiary/aromatic N) is 1. The first-order valence-corrected chi connectivity index (χ1v) is 6.64. The van der Waals surface area contributed by atoms with E-state index in [0.717, 1.165) is 29.3 Å². The quantitative estimate of drug-likeness (QED) is 0.739. The molecule has 0 aromatic heterocycles. The van der Waals surface area contributed by atoms with Gasteiger partial charge in [-0.1, -0.05) is 6.08 Å². The first kappa shape index (κ1) is 11.5. The van der Waals surface area contributed by atoms with Gasteiger partial charge < -0.3 is 4.74 Å². The molecule has 3 rings (SSSR count). The normalized spacial score (nSPS) is 20.8. The Balaban J connectivity index is 1.76. The SMILES string of the molecule is CC1(C)C=Cc2cc(C=NCC3CC3)ccc2O1. The molecule has 2 aliphatic rings. The van der Waals surface area contributed by atoms with Crippen molar-refractivity contribution in [2.45, 2.75) is 32.3 Å². The molecule has 1 aromatic rings. The number of hydrogen-bond donors (Lipinski definition) is 0. The van der Waals surface area contributed by atoms with Crippen LogP contribution < -0.4 is 4.74 Å². The van der Waals surface area contributed by atoms with Crippen LogP contribution in [0, 0.1) is 5.92 Å². The van der Waals surface area contributed by atoms with Gasteiger partial charge in [0.1, 0.15) is 11.4 Å². The van der Waals surface area contributed by atoms with E-state index >= 15 is 0 Å². The van der Waals surface area contributed by atoms with Crippen LogP contribution in [0.3, 0.4) is 0 Å². The summed E-state index contributed by atoms with van der Waals surface area (Å²) < 4.78 is 5.90. The number of hydrogen-bond acceptors (Lipinski definition) is 2. The fraction of sp³-hybridized carbons (Fsp3) is 0.438. The Kier molecular flexibility index (Phi) is 2.73. The van der Waals surface area contributed by atoms with E-state index in [1.54, 1.807) is 0 Å². The van der Waals surface area contributed by atoms with E-state index in [-0.39, 0.29) is 5.60 Å². The highest BCUT2D eigenvalue weighted by atomic mass is 16.5. The lowest BCUT2D eigenvalue weighted by atomic mass is 10.0. The van der Waals surface area contributed by atoms with Crippen LogP contribution in [-0.2, 0) is 0 Å². The van der Waals surface area contributed by atoms with Gasteiger partial charge in [0.25, 0.3) is 0 Å². The van der Waals surface area contributed by atoms with E-state index in [9.17, 15) is 0 Å².